The van der Waals surface area contributed by atoms with Gasteiger partial charge >= 0.3 is 0 Å². The summed E-state index contributed by atoms with van der Waals surface area (Å²) >= 11 is 0. The van der Waals surface area contributed by atoms with E-state index in [-0.39, 0.29) is 6.29 Å². The van der Waals surface area contributed by atoms with Crippen LogP contribution in [0.15, 0.2) is 24.3 Å². The van der Waals surface area contributed by atoms with Gasteiger partial charge in [-0.2, -0.15) is 0 Å². The number of hydrogen-bond acceptors (Lipinski definition) is 2. The number of ether oxygens (including phenoxy) is 2. The van der Waals surface area contributed by atoms with Crippen LogP contribution in [0.5, 0.6) is 0 Å². The van der Waals surface area contributed by atoms with Gasteiger partial charge in [-0.15, -0.1) is 0 Å². The number of unbranched alkanes of at least 4 members (excludes halogenated alkanes) is 5. The van der Waals surface area contributed by atoms with Gasteiger partial charge < -0.3 is 9.47 Å². The second-order valence-electron chi connectivity index (χ2n) is 5.46. The van der Waals surface area contributed by atoms with Crippen molar-refractivity contribution in [3.8, 4) is 0 Å². The molecule has 0 saturated heterocycles. The van der Waals surface area contributed by atoms with Gasteiger partial charge in [0.2, 0.25) is 0 Å². The first-order valence-electron chi connectivity index (χ1n) is 8.64. The van der Waals surface area contributed by atoms with Crippen LogP contribution in [0.1, 0.15) is 76.7 Å². The van der Waals surface area contributed by atoms with E-state index in [9.17, 15) is 0 Å². The lowest BCUT2D eigenvalue weighted by Crippen LogP contribution is -2.11. The van der Waals surface area contributed by atoms with Crippen LogP contribution < -0.4 is 0 Å². The lowest BCUT2D eigenvalue weighted by molar-refractivity contribution is -0.140. The average Bonchev–Trinajstić information content (AvgIpc) is 2.51. The highest BCUT2D eigenvalue weighted by Crippen LogP contribution is 2.24. The molecule has 0 amide bonds. The van der Waals surface area contributed by atoms with Crippen LogP contribution in [-0.4, -0.2) is 13.2 Å². The molecular weight excluding hydrogens is 260 g/mol. The summed E-state index contributed by atoms with van der Waals surface area (Å²) in [7, 11) is 0. The molecule has 0 bridgehead atoms. The van der Waals surface area contributed by atoms with E-state index in [1.165, 1.54) is 49.7 Å². The van der Waals surface area contributed by atoms with Crippen LogP contribution >= 0.6 is 0 Å². The minimum absolute atomic E-state index is 0.212. The van der Waals surface area contributed by atoms with Gasteiger partial charge in [0.1, 0.15) is 0 Å². The topological polar surface area (TPSA) is 18.5 Å². The summed E-state index contributed by atoms with van der Waals surface area (Å²) in [5, 5.41) is 0. The van der Waals surface area contributed by atoms with Gasteiger partial charge in [0.25, 0.3) is 0 Å². The smallest absolute Gasteiger partial charge is 0.184 e. The van der Waals surface area contributed by atoms with E-state index in [4.69, 9.17) is 9.47 Å². The summed E-state index contributed by atoms with van der Waals surface area (Å²) in [5.41, 5.74) is 2.58. The fourth-order valence-corrected chi connectivity index (χ4v) is 2.62. The molecule has 0 aliphatic heterocycles. The summed E-state index contributed by atoms with van der Waals surface area (Å²) in [6.45, 7) is 7.65. The molecule has 0 aliphatic carbocycles. The van der Waals surface area contributed by atoms with Crippen molar-refractivity contribution in [1.82, 2.24) is 0 Å². The zero-order valence-corrected chi connectivity index (χ0v) is 14.1. The van der Waals surface area contributed by atoms with E-state index in [0.717, 1.165) is 6.42 Å². The van der Waals surface area contributed by atoms with Crippen molar-refractivity contribution in [2.45, 2.75) is 72.0 Å². The van der Waals surface area contributed by atoms with Gasteiger partial charge in [-0.25, -0.2) is 0 Å². The monoisotopic (exact) mass is 292 g/mol. The predicted octanol–water partition coefficient (Wildman–Crippen LogP) is 5.66. The summed E-state index contributed by atoms with van der Waals surface area (Å²) in [5.74, 6) is 0. The molecule has 0 fully saturated rings. The Morgan fingerprint density at radius 3 is 2.10 bits per heavy atom. The first kappa shape index (κ1) is 18.2. The second-order valence-corrected chi connectivity index (χ2v) is 5.46. The van der Waals surface area contributed by atoms with Crippen molar-refractivity contribution < 1.29 is 9.47 Å². The van der Waals surface area contributed by atoms with Gasteiger partial charge in [-0.1, -0.05) is 63.3 Å². The molecule has 2 nitrogen and oxygen atoms in total. The zero-order valence-electron chi connectivity index (χ0n) is 14.1. The number of rotatable bonds is 12. The molecular formula is C19H32O2. The maximum atomic E-state index is 5.75. The predicted molar refractivity (Wildman–Crippen MR) is 89.5 cm³/mol. The fraction of sp³-hybridized carbons (Fsp3) is 0.684. The van der Waals surface area contributed by atoms with Crippen LogP contribution in [0.2, 0.25) is 0 Å². The Morgan fingerprint density at radius 2 is 1.43 bits per heavy atom. The zero-order chi connectivity index (χ0) is 15.3. The third kappa shape index (κ3) is 7.10. The molecule has 120 valence electrons. The lowest BCUT2D eigenvalue weighted by atomic mass is 10.00. The molecule has 0 atom stereocenters. The summed E-state index contributed by atoms with van der Waals surface area (Å²) in [6.07, 6.45) is 8.90. The quantitative estimate of drug-likeness (QED) is 0.365. The first-order chi connectivity index (χ1) is 10.3. The summed E-state index contributed by atoms with van der Waals surface area (Å²) in [6, 6.07) is 8.55. The molecule has 2 heteroatoms. The molecule has 0 N–H and O–H groups in total. The van der Waals surface area contributed by atoms with Crippen LogP contribution in [0.4, 0.5) is 0 Å². The van der Waals surface area contributed by atoms with E-state index < -0.39 is 0 Å². The van der Waals surface area contributed by atoms with Crippen LogP contribution in [0, 0.1) is 0 Å². The van der Waals surface area contributed by atoms with Crippen molar-refractivity contribution in [1.29, 1.82) is 0 Å². The van der Waals surface area contributed by atoms with Crippen molar-refractivity contribution in [2.75, 3.05) is 13.2 Å². The number of aryl methyl sites for hydroxylation is 1. The second kappa shape index (κ2) is 11.8. The Morgan fingerprint density at radius 1 is 0.810 bits per heavy atom. The Bertz CT molecular complexity index is 356. The van der Waals surface area contributed by atoms with Gasteiger partial charge in [0.15, 0.2) is 6.29 Å². The molecule has 1 aromatic rings. The largest absolute Gasteiger partial charge is 0.349 e. The highest BCUT2D eigenvalue weighted by Gasteiger charge is 2.14. The molecule has 0 heterocycles. The van der Waals surface area contributed by atoms with Gasteiger partial charge in [-0.05, 0) is 32.3 Å². The van der Waals surface area contributed by atoms with Crippen molar-refractivity contribution >= 4 is 0 Å². The van der Waals surface area contributed by atoms with E-state index in [0.29, 0.717) is 13.2 Å². The molecule has 21 heavy (non-hydrogen) atoms. The van der Waals surface area contributed by atoms with E-state index >= 15 is 0 Å². The van der Waals surface area contributed by atoms with Gasteiger partial charge in [0.05, 0.1) is 0 Å². The minimum atomic E-state index is -0.212. The first-order valence-corrected chi connectivity index (χ1v) is 8.64. The molecule has 0 aromatic heterocycles. The van der Waals surface area contributed by atoms with Crippen LogP contribution in [0.3, 0.4) is 0 Å². The summed E-state index contributed by atoms with van der Waals surface area (Å²) < 4.78 is 11.5. The maximum absolute atomic E-state index is 5.75. The number of benzene rings is 1. The lowest BCUT2D eigenvalue weighted by Gasteiger charge is -2.20. The Balaban J connectivity index is 2.53. The normalized spacial score (nSPS) is 11.2. The molecule has 0 aliphatic rings. The third-order valence-electron chi connectivity index (χ3n) is 3.74. The Labute approximate surface area is 130 Å². The van der Waals surface area contributed by atoms with Crippen LogP contribution in [-0.2, 0) is 15.9 Å². The van der Waals surface area contributed by atoms with Crippen LogP contribution in [0.25, 0.3) is 0 Å². The molecule has 1 aromatic carbocycles. The maximum Gasteiger partial charge on any atom is 0.184 e. The number of hydrogen-bond donors (Lipinski definition) is 0. The SMILES string of the molecule is CCCCCCCCc1ccccc1C(OCC)OCC. The van der Waals surface area contributed by atoms with Crippen molar-refractivity contribution in [3.05, 3.63) is 35.4 Å². The molecule has 0 spiro atoms. The fourth-order valence-electron chi connectivity index (χ4n) is 2.62. The highest BCUT2D eigenvalue weighted by molar-refractivity contribution is 5.28. The average molecular weight is 292 g/mol. The van der Waals surface area contributed by atoms with E-state index in [1.807, 2.05) is 13.8 Å². The molecule has 0 unspecified atom stereocenters. The van der Waals surface area contributed by atoms with Crippen molar-refractivity contribution in [2.24, 2.45) is 0 Å². The highest BCUT2D eigenvalue weighted by atomic mass is 16.7. The third-order valence-corrected chi connectivity index (χ3v) is 3.74. The minimum Gasteiger partial charge on any atom is -0.349 e. The standard InChI is InChI=1S/C19H32O2/c1-4-7-8-9-10-11-14-17-15-12-13-16-18(17)19(20-5-2)21-6-3/h12-13,15-16,19H,4-11,14H2,1-3H3. The van der Waals surface area contributed by atoms with Gasteiger partial charge in [0, 0.05) is 18.8 Å². The molecule has 1 rings (SSSR count). The van der Waals surface area contributed by atoms with E-state index in [1.54, 1.807) is 0 Å². The molecule has 0 radical (unpaired) electrons. The Hall–Kier alpha value is -0.860. The van der Waals surface area contributed by atoms with Crippen molar-refractivity contribution in [3.63, 3.8) is 0 Å². The Kier molecular flexibility index (Phi) is 10.2. The van der Waals surface area contributed by atoms with E-state index in [2.05, 4.69) is 31.2 Å². The van der Waals surface area contributed by atoms with Gasteiger partial charge in [-0.3, -0.25) is 0 Å². The summed E-state index contributed by atoms with van der Waals surface area (Å²) in [4.78, 5) is 0. The molecule has 0 saturated carbocycles.